The summed E-state index contributed by atoms with van der Waals surface area (Å²) in [6, 6.07) is 22.6. The van der Waals surface area contributed by atoms with Gasteiger partial charge in [-0.15, -0.1) is 0 Å². The van der Waals surface area contributed by atoms with Gasteiger partial charge in [0.1, 0.15) is 11.5 Å². The van der Waals surface area contributed by atoms with Gasteiger partial charge in [0.25, 0.3) is 5.91 Å². The summed E-state index contributed by atoms with van der Waals surface area (Å²) >= 11 is 6.38. The van der Waals surface area contributed by atoms with Crippen LogP contribution < -0.4 is 5.43 Å². The van der Waals surface area contributed by atoms with Gasteiger partial charge in [-0.05, 0) is 29.9 Å². The minimum Gasteiger partial charge on any atom is -0.457 e. The zero-order valence-corrected chi connectivity index (χ0v) is 16.8. The smallest absolute Gasteiger partial charge is 0.285 e. The molecule has 2 heterocycles. The van der Waals surface area contributed by atoms with E-state index in [4.69, 9.17) is 16.6 Å². The summed E-state index contributed by atoms with van der Waals surface area (Å²) in [5.41, 5.74) is 4.39. The third kappa shape index (κ3) is 4.47. The fourth-order valence-electron chi connectivity index (χ4n) is 2.83. The number of carbonyl (C=O) groups excluding carboxylic acids is 2. The number of benzene rings is 2. The van der Waals surface area contributed by atoms with Crippen LogP contribution in [0.4, 0.5) is 0 Å². The Morgan fingerprint density at radius 1 is 1.03 bits per heavy atom. The number of hydrogen-bond donors (Lipinski definition) is 1. The number of hydrazine groups is 1. The van der Waals surface area contributed by atoms with Gasteiger partial charge in [-0.1, -0.05) is 72.4 Å². The van der Waals surface area contributed by atoms with Crippen LogP contribution >= 0.6 is 24.0 Å². The van der Waals surface area contributed by atoms with E-state index >= 15 is 0 Å². The van der Waals surface area contributed by atoms with Gasteiger partial charge in [0.15, 0.2) is 4.32 Å². The highest BCUT2D eigenvalue weighted by Gasteiger charge is 2.33. The van der Waals surface area contributed by atoms with E-state index in [2.05, 4.69) is 5.43 Å². The van der Waals surface area contributed by atoms with Gasteiger partial charge in [-0.25, -0.2) is 0 Å². The second-order valence-electron chi connectivity index (χ2n) is 6.28. The van der Waals surface area contributed by atoms with E-state index in [1.165, 1.54) is 0 Å². The first-order chi connectivity index (χ1) is 14.1. The van der Waals surface area contributed by atoms with E-state index < -0.39 is 0 Å². The van der Waals surface area contributed by atoms with Crippen molar-refractivity contribution in [3.05, 3.63) is 89.0 Å². The Balaban J connectivity index is 1.45. The van der Waals surface area contributed by atoms with E-state index in [0.29, 0.717) is 16.4 Å². The largest absolute Gasteiger partial charge is 0.457 e. The molecule has 1 aliphatic rings. The predicted octanol–water partition coefficient (Wildman–Crippen LogP) is 4.42. The molecule has 0 atom stereocenters. The number of furan rings is 1. The van der Waals surface area contributed by atoms with Crippen LogP contribution in [-0.4, -0.2) is 21.1 Å². The SMILES string of the molecule is O=C(Cc1ccccc1)NN1C(=O)/C(=C/c2ccc(-c3ccccc3)o2)SC1=S. The highest BCUT2D eigenvalue weighted by atomic mass is 32.2. The Hall–Kier alpha value is -3.16. The molecule has 4 rings (SSSR count). The topological polar surface area (TPSA) is 62.6 Å². The van der Waals surface area contributed by atoms with Crippen molar-refractivity contribution in [2.45, 2.75) is 6.42 Å². The molecule has 1 N–H and O–H groups in total. The third-order valence-electron chi connectivity index (χ3n) is 4.20. The molecular weight excluding hydrogens is 404 g/mol. The van der Waals surface area contributed by atoms with Gasteiger partial charge in [-0.2, -0.15) is 5.01 Å². The summed E-state index contributed by atoms with van der Waals surface area (Å²) in [6.07, 6.45) is 1.80. The van der Waals surface area contributed by atoms with Crippen molar-refractivity contribution in [1.29, 1.82) is 0 Å². The van der Waals surface area contributed by atoms with Gasteiger partial charge in [0.05, 0.1) is 11.3 Å². The molecule has 2 amide bonds. The lowest BCUT2D eigenvalue weighted by Gasteiger charge is -2.15. The number of amides is 2. The summed E-state index contributed by atoms with van der Waals surface area (Å²) in [4.78, 5) is 25.3. The van der Waals surface area contributed by atoms with Crippen LogP contribution in [0.25, 0.3) is 17.4 Å². The van der Waals surface area contributed by atoms with Crippen LogP contribution in [0.3, 0.4) is 0 Å². The maximum atomic E-state index is 12.7. The Morgan fingerprint density at radius 3 is 2.45 bits per heavy atom. The lowest BCUT2D eigenvalue weighted by molar-refractivity contribution is -0.132. The van der Waals surface area contributed by atoms with Crippen molar-refractivity contribution in [3.63, 3.8) is 0 Å². The van der Waals surface area contributed by atoms with Crippen LogP contribution in [0.5, 0.6) is 0 Å². The summed E-state index contributed by atoms with van der Waals surface area (Å²) in [5, 5.41) is 1.11. The van der Waals surface area contributed by atoms with E-state index in [9.17, 15) is 9.59 Å². The lowest BCUT2D eigenvalue weighted by Crippen LogP contribution is -2.45. The summed E-state index contributed by atoms with van der Waals surface area (Å²) in [5.74, 6) is 0.570. The maximum Gasteiger partial charge on any atom is 0.285 e. The molecule has 3 aromatic rings. The average molecular weight is 421 g/mol. The Labute approximate surface area is 177 Å². The molecule has 2 aromatic carbocycles. The minimum absolute atomic E-state index is 0.162. The van der Waals surface area contributed by atoms with E-state index in [-0.39, 0.29) is 22.6 Å². The fourth-order valence-corrected chi connectivity index (χ4v) is 3.99. The first-order valence-corrected chi connectivity index (χ1v) is 10.1. The number of thiocarbonyl (C=S) groups is 1. The monoisotopic (exact) mass is 420 g/mol. The number of nitrogens with one attached hydrogen (secondary N) is 1. The molecule has 0 bridgehead atoms. The molecule has 0 saturated carbocycles. The standard InChI is InChI=1S/C22H16N2O3S2/c25-20(13-15-7-3-1-4-8-15)23-24-21(26)19(29-22(24)28)14-17-11-12-18(27-17)16-9-5-2-6-10-16/h1-12,14H,13H2,(H,23,25)/b19-14-. The zero-order valence-electron chi connectivity index (χ0n) is 15.2. The molecule has 7 heteroatoms. The van der Waals surface area contributed by atoms with Crippen LogP contribution in [0.15, 0.2) is 82.1 Å². The van der Waals surface area contributed by atoms with Gasteiger partial charge in [0, 0.05) is 11.6 Å². The number of thioether (sulfide) groups is 1. The molecule has 1 aliphatic heterocycles. The molecule has 0 unspecified atom stereocenters. The van der Waals surface area contributed by atoms with E-state index in [1.54, 1.807) is 12.1 Å². The fraction of sp³-hybridized carbons (Fsp3) is 0.0455. The molecule has 1 aromatic heterocycles. The van der Waals surface area contributed by atoms with Crippen molar-refractivity contribution < 1.29 is 14.0 Å². The Morgan fingerprint density at radius 2 is 1.72 bits per heavy atom. The van der Waals surface area contributed by atoms with Gasteiger partial charge >= 0.3 is 0 Å². The first-order valence-electron chi connectivity index (χ1n) is 8.87. The van der Waals surface area contributed by atoms with Crippen molar-refractivity contribution in [2.24, 2.45) is 0 Å². The molecule has 1 saturated heterocycles. The maximum absolute atomic E-state index is 12.7. The van der Waals surface area contributed by atoms with Gasteiger partial charge in [-0.3, -0.25) is 15.0 Å². The molecule has 144 valence electrons. The molecule has 29 heavy (non-hydrogen) atoms. The second-order valence-corrected chi connectivity index (χ2v) is 7.96. The quantitative estimate of drug-likeness (QED) is 0.489. The molecule has 1 fully saturated rings. The third-order valence-corrected chi connectivity index (χ3v) is 5.50. The minimum atomic E-state index is -0.376. The Bertz CT molecular complexity index is 1090. The van der Waals surface area contributed by atoms with Gasteiger partial charge in [0.2, 0.25) is 5.91 Å². The first kappa shape index (κ1) is 19.2. The zero-order chi connectivity index (χ0) is 20.2. The second kappa shape index (κ2) is 8.46. The van der Waals surface area contributed by atoms with Crippen molar-refractivity contribution in [3.8, 4) is 11.3 Å². The summed E-state index contributed by atoms with van der Waals surface area (Å²) < 4.78 is 6.09. The van der Waals surface area contributed by atoms with Crippen LogP contribution in [0.1, 0.15) is 11.3 Å². The average Bonchev–Trinajstić information content (AvgIpc) is 3.30. The molecule has 5 nitrogen and oxygen atoms in total. The van der Waals surface area contributed by atoms with Crippen molar-refractivity contribution in [2.75, 3.05) is 0 Å². The van der Waals surface area contributed by atoms with E-state index in [1.807, 2.05) is 66.7 Å². The number of hydrogen-bond acceptors (Lipinski definition) is 5. The van der Waals surface area contributed by atoms with Crippen molar-refractivity contribution in [1.82, 2.24) is 10.4 Å². The normalized spacial score (nSPS) is 15.2. The molecule has 0 aliphatic carbocycles. The number of carbonyl (C=O) groups is 2. The number of nitrogens with zero attached hydrogens (tertiary/aromatic N) is 1. The van der Waals surface area contributed by atoms with Crippen LogP contribution in [0.2, 0.25) is 0 Å². The summed E-state index contributed by atoms with van der Waals surface area (Å²) in [7, 11) is 0. The molecule has 0 spiro atoms. The molecule has 0 radical (unpaired) electrons. The highest BCUT2D eigenvalue weighted by Crippen LogP contribution is 2.32. The summed E-state index contributed by atoms with van der Waals surface area (Å²) in [6.45, 7) is 0. The van der Waals surface area contributed by atoms with E-state index in [0.717, 1.165) is 27.9 Å². The number of rotatable bonds is 5. The van der Waals surface area contributed by atoms with Gasteiger partial charge < -0.3 is 4.42 Å². The Kier molecular flexibility index (Phi) is 5.59. The highest BCUT2D eigenvalue weighted by molar-refractivity contribution is 8.26. The van der Waals surface area contributed by atoms with Crippen LogP contribution in [-0.2, 0) is 16.0 Å². The molecular formula is C22H16N2O3S2. The van der Waals surface area contributed by atoms with Crippen molar-refractivity contribution >= 4 is 46.2 Å². The van der Waals surface area contributed by atoms with Crippen LogP contribution in [0, 0.1) is 0 Å². The lowest BCUT2D eigenvalue weighted by atomic mass is 10.1. The predicted molar refractivity (Wildman–Crippen MR) is 117 cm³/mol.